The SMILES string of the molecule is Cn1cc(C(=O)NCc2cc(=O)n3c(n2)CN(C(=O)c2ncn(C)n2)CCC3)cn1. The van der Waals surface area contributed by atoms with E-state index in [-0.39, 0.29) is 36.3 Å². The van der Waals surface area contributed by atoms with Crippen LogP contribution >= 0.6 is 0 Å². The Kier molecular flexibility index (Phi) is 5.12. The van der Waals surface area contributed by atoms with E-state index in [2.05, 4.69) is 25.5 Å². The lowest BCUT2D eigenvalue weighted by Gasteiger charge is -2.18. The van der Waals surface area contributed by atoms with Gasteiger partial charge in [-0.05, 0) is 6.42 Å². The predicted octanol–water partition coefficient (Wildman–Crippen LogP) is -0.919. The molecule has 0 bridgehead atoms. The lowest BCUT2D eigenvalue weighted by molar-refractivity contribution is 0.0731. The van der Waals surface area contributed by atoms with E-state index in [0.717, 1.165) is 0 Å². The average molecular weight is 411 g/mol. The maximum atomic E-state index is 12.7. The molecule has 3 aromatic rings. The highest BCUT2D eigenvalue weighted by Crippen LogP contribution is 2.12. The number of aromatic nitrogens is 7. The Morgan fingerprint density at radius 1 is 1.20 bits per heavy atom. The molecular formula is C18H21N9O3. The molecule has 0 radical (unpaired) electrons. The van der Waals surface area contributed by atoms with Crippen molar-refractivity contribution < 1.29 is 9.59 Å². The molecule has 0 unspecified atom stereocenters. The molecule has 1 aliphatic rings. The number of hydrogen-bond acceptors (Lipinski definition) is 7. The van der Waals surface area contributed by atoms with E-state index in [1.54, 1.807) is 29.8 Å². The Hall–Kier alpha value is -3.83. The van der Waals surface area contributed by atoms with Crippen LogP contribution in [0.5, 0.6) is 0 Å². The molecule has 1 N–H and O–H groups in total. The summed E-state index contributed by atoms with van der Waals surface area (Å²) >= 11 is 0. The Balaban J connectivity index is 1.52. The first-order chi connectivity index (χ1) is 14.4. The number of fused-ring (bicyclic) bond motifs is 1. The van der Waals surface area contributed by atoms with Crippen molar-refractivity contribution in [3.63, 3.8) is 0 Å². The number of nitrogens with zero attached hydrogens (tertiary/aromatic N) is 8. The molecular weight excluding hydrogens is 390 g/mol. The van der Waals surface area contributed by atoms with Gasteiger partial charge in [0.05, 0.1) is 30.5 Å². The maximum absolute atomic E-state index is 12.7. The zero-order valence-electron chi connectivity index (χ0n) is 16.6. The van der Waals surface area contributed by atoms with Gasteiger partial charge in [0.1, 0.15) is 12.2 Å². The minimum Gasteiger partial charge on any atom is -0.346 e. The van der Waals surface area contributed by atoms with Crippen LogP contribution in [0, 0.1) is 0 Å². The number of carbonyl (C=O) groups is 2. The van der Waals surface area contributed by atoms with E-state index in [1.807, 2.05) is 0 Å². The molecule has 0 aromatic carbocycles. The molecule has 0 spiro atoms. The van der Waals surface area contributed by atoms with Crippen molar-refractivity contribution in [1.29, 1.82) is 0 Å². The molecule has 156 valence electrons. The van der Waals surface area contributed by atoms with Crippen LogP contribution in [-0.2, 0) is 33.7 Å². The molecule has 3 aromatic heterocycles. The average Bonchev–Trinajstić information content (AvgIpc) is 3.28. The summed E-state index contributed by atoms with van der Waals surface area (Å²) in [5.41, 5.74) is 0.633. The van der Waals surface area contributed by atoms with Gasteiger partial charge in [0.15, 0.2) is 0 Å². The van der Waals surface area contributed by atoms with Crippen molar-refractivity contribution in [3.05, 3.63) is 58.0 Å². The summed E-state index contributed by atoms with van der Waals surface area (Å²) in [5.74, 6) is -0.0466. The van der Waals surface area contributed by atoms with E-state index >= 15 is 0 Å². The highest BCUT2D eigenvalue weighted by atomic mass is 16.2. The number of amides is 2. The summed E-state index contributed by atoms with van der Waals surface area (Å²) in [5, 5.41) is 10.8. The lowest BCUT2D eigenvalue weighted by Crippen LogP contribution is -2.33. The summed E-state index contributed by atoms with van der Waals surface area (Å²) in [6.45, 7) is 1.18. The van der Waals surface area contributed by atoms with Crippen LogP contribution in [0.3, 0.4) is 0 Å². The number of hydrogen-bond donors (Lipinski definition) is 1. The van der Waals surface area contributed by atoms with E-state index in [0.29, 0.717) is 36.6 Å². The van der Waals surface area contributed by atoms with Crippen LogP contribution < -0.4 is 10.9 Å². The standard InChI is InChI=1S/C18H21N9O3/c1-24-9-12(7-21-24)17(29)19-8-13-6-15(28)27-5-3-4-26(10-14(27)22-13)18(30)16-20-11-25(2)23-16/h6-7,9,11H,3-5,8,10H2,1-2H3,(H,19,29). The zero-order chi connectivity index (χ0) is 21.3. The van der Waals surface area contributed by atoms with Gasteiger partial charge < -0.3 is 10.2 Å². The van der Waals surface area contributed by atoms with Gasteiger partial charge in [0.25, 0.3) is 17.4 Å². The summed E-state index contributed by atoms with van der Waals surface area (Å²) < 4.78 is 4.56. The molecule has 2 amide bonds. The summed E-state index contributed by atoms with van der Waals surface area (Å²) in [7, 11) is 3.41. The van der Waals surface area contributed by atoms with Crippen LogP contribution in [0.1, 0.15) is 38.9 Å². The molecule has 4 heterocycles. The number of nitrogens with one attached hydrogen (secondary N) is 1. The second-order valence-electron chi connectivity index (χ2n) is 7.06. The summed E-state index contributed by atoms with van der Waals surface area (Å²) in [6, 6.07) is 1.41. The fraction of sp³-hybridized carbons (Fsp3) is 0.389. The molecule has 4 rings (SSSR count). The highest BCUT2D eigenvalue weighted by molar-refractivity contribution is 5.93. The minimum absolute atomic E-state index is 0.0898. The Labute approximate surface area is 171 Å². The molecule has 0 atom stereocenters. The maximum Gasteiger partial charge on any atom is 0.293 e. The van der Waals surface area contributed by atoms with Crippen molar-refractivity contribution in [1.82, 2.24) is 44.3 Å². The molecule has 0 saturated heterocycles. The van der Waals surface area contributed by atoms with Gasteiger partial charge in [-0.3, -0.25) is 28.3 Å². The molecule has 0 saturated carbocycles. The molecule has 12 nitrogen and oxygen atoms in total. The third kappa shape index (κ3) is 3.97. The minimum atomic E-state index is -0.311. The number of rotatable bonds is 4. The van der Waals surface area contributed by atoms with E-state index < -0.39 is 0 Å². The van der Waals surface area contributed by atoms with Gasteiger partial charge in [0, 0.05) is 39.4 Å². The van der Waals surface area contributed by atoms with Crippen molar-refractivity contribution in [2.75, 3.05) is 6.54 Å². The number of aryl methyl sites for hydroxylation is 2. The van der Waals surface area contributed by atoms with Gasteiger partial charge in [-0.25, -0.2) is 9.97 Å². The molecule has 0 aliphatic carbocycles. The molecule has 12 heteroatoms. The van der Waals surface area contributed by atoms with Gasteiger partial charge in [-0.2, -0.15) is 5.10 Å². The fourth-order valence-corrected chi connectivity index (χ4v) is 3.29. The van der Waals surface area contributed by atoms with Crippen molar-refractivity contribution in [2.24, 2.45) is 14.1 Å². The van der Waals surface area contributed by atoms with Gasteiger partial charge in [-0.15, -0.1) is 5.10 Å². The third-order valence-corrected chi connectivity index (χ3v) is 4.76. The summed E-state index contributed by atoms with van der Waals surface area (Å²) in [6.07, 6.45) is 5.14. The third-order valence-electron chi connectivity index (χ3n) is 4.76. The topological polar surface area (TPSA) is 133 Å². The van der Waals surface area contributed by atoms with Crippen molar-refractivity contribution >= 4 is 11.8 Å². The Bertz CT molecular complexity index is 1160. The molecule has 0 fully saturated rings. The second kappa shape index (κ2) is 7.89. The Morgan fingerprint density at radius 3 is 2.73 bits per heavy atom. The van der Waals surface area contributed by atoms with Crippen molar-refractivity contribution in [2.45, 2.75) is 26.1 Å². The number of carbonyl (C=O) groups excluding carboxylic acids is 2. The molecule has 30 heavy (non-hydrogen) atoms. The Morgan fingerprint density at radius 2 is 2.03 bits per heavy atom. The van der Waals surface area contributed by atoms with E-state index in [9.17, 15) is 14.4 Å². The van der Waals surface area contributed by atoms with Crippen LogP contribution in [0.25, 0.3) is 0 Å². The smallest absolute Gasteiger partial charge is 0.293 e. The first-order valence-electron chi connectivity index (χ1n) is 9.42. The summed E-state index contributed by atoms with van der Waals surface area (Å²) in [4.78, 5) is 47.6. The van der Waals surface area contributed by atoms with E-state index in [4.69, 9.17) is 0 Å². The first kappa shape index (κ1) is 19.5. The van der Waals surface area contributed by atoms with Crippen LogP contribution in [-0.4, -0.2) is 57.4 Å². The van der Waals surface area contributed by atoms with Gasteiger partial charge in [-0.1, -0.05) is 0 Å². The normalized spacial score (nSPS) is 13.6. The largest absolute Gasteiger partial charge is 0.346 e. The van der Waals surface area contributed by atoms with Crippen LogP contribution in [0.15, 0.2) is 29.6 Å². The van der Waals surface area contributed by atoms with E-state index in [1.165, 1.54) is 28.0 Å². The highest BCUT2D eigenvalue weighted by Gasteiger charge is 2.24. The zero-order valence-corrected chi connectivity index (χ0v) is 16.6. The predicted molar refractivity (Wildman–Crippen MR) is 103 cm³/mol. The first-order valence-corrected chi connectivity index (χ1v) is 9.42. The van der Waals surface area contributed by atoms with Crippen LogP contribution in [0.4, 0.5) is 0 Å². The monoisotopic (exact) mass is 411 g/mol. The fourth-order valence-electron chi connectivity index (χ4n) is 3.29. The van der Waals surface area contributed by atoms with Gasteiger partial charge in [0.2, 0.25) is 5.82 Å². The second-order valence-corrected chi connectivity index (χ2v) is 7.06. The van der Waals surface area contributed by atoms with Gasteiger partial charge >= 0.3 is 0 Å². The van der Waals surface area contributed by atoms with Crippen LogP contribution in [0.2, 0.25) is 0 Å². The molecule has 1 aliphatic heterocycles. The lowest BCUT2D eigenvalue weighted by atomic mass is 10.3. The quantitative estimate of drug-likeness (QED) is 0.587. The van der Waals surface area contributed by atoms with Crippen molar-refractivity contribution in [3.8, 4) is 0 Å².